The van der Waals surface area contributed by atoms with E-state index in [1.165, 1.54) is 6.92 Å². The number of ketones is 1. The zero-order valence-electron chi connectivity index (χ0n) is 10.4. The van der Waals surface area contributed by atoms with E-state index in [0.717, 1.165) is 5.56 Å². The summed E-state index contributed by atoms with van der Waals surface area (Å²) in [6.45, 7) is 3.05. The molecule has 0 fully saturated rings. The van der Waals surface area contributed by atoms with Crippen LogP contribution in [0.1, 0.15) is 34.4 Å². The fourth-order valence-electron chi connectivity index (χ4n) is 1.93. The van der Waals surface area contributed by atoms with Crippen molar-refractivity contribution >= 4 is 5.78 Å². The maximum absolute atomic E-state index is 11.8. The summed E-state index contributed by atoms with van der Waals surface area (Å²) in [5, 5.41) is 0. The van der Waals surface area contributed by atoms with Gasteiger partial charge in [0.05, 0.1) is 5.69 Å². The van der Waals surface area contributed by atoms with E-state index in [0.29, 0.717) is 17.9 Å². The minimum atomic E-state index is -0.360. The SMILES string of the molecule is CC(=O)c1c(C)nc(Cc2ccccc2)[nH]c1=O. The summed E-state index contributed by atoms with van der Waals surface area (Å²) < 4.78 is 0. The van der Waals surface area contributed by atoms with Crippen LogP contribution >= 0.6 is 0 Å². The van der Waals surface area contributed by atoms with Crippen molar-refractivity contribution in [1.82, 2.24) is 9.97 Å². The van der Waals surface area contributed by atoms with Gasteiger partial charge in [0.1, 0.15) is 11.4 Å². The zero-order chi connectivity index (χ0) is 13.1. The summed E-state index contributed by atoms with van der Waals surface area (Å²) >= 11 is 0. The molecule has 92 valence electrons. The molecule has 0 unspecified atom stereocenters. The Morgan fingerprint density at radius 2 is 1.94 bits per heavy atom. The molecule has 1 heterocycles. The van der Waals surface area contributed by atoms with Crippen LogP contribution in [0.4, 0.5) is 0 Å². The van der Waals surface area contributed by atoms with Crippen LogP contribution in [-0.2, 0) is 6.42 Å². The normalized spacial score (nSPS) is 10.3. The number of benzene rings is 1. The zero-order valence-corrected chi connectivity index (χ0v) is 10.4. The Kier molecular flexibility index (Phi) is 3.37. The van der Waals surface area contributed by atoms with E-state index in [2.05, 4.69) is 9.97 Å². The van der Waals surface area contributed by atoms with Gasteiger partial charge in [-0.3, -0.25) is 9.59 Å². The van der Waals surface area contributed by atoms with Gasteiger partial charge >= 0.3 is 0 Å². The number of carbonyl (C=O) groups is 1. The van der Waals surface area contributed by atoms with Crippen LogP contribution < -0.4 is 5.56 Å². The number of carbonyl (C=O) groups excluding carboxylic acids is 1. The average molecular weight is 242 g/mol. The number of nitrogens with zero attached hydrogens (tertiary/aromatic N) is 1. The molecule has 0 saturated heterocycles. The van der Waals surface area contributed by atoms with Crippen molar-refractivity contribution in [3.63, 3.8) is 0 Å². The first-order valence-electron chi connectivity index (χ1n) is 5.72. The highest BCUT2D eigenvalue weighted by molar-refractivity contribution is 5.94. The van der Waals surface area contributed by atoms with E-state index in [-0.39, 0.29) is 16.9 Å². The van der Waals surface area contributed by atoms with Gasteiger partial charge in [0, 0.05) is 6.42 Å². The van der Waals surface area contributed by atoms with Gasteiger partial charge in [0.2, 0.25) is 0 Å². The fourth-order valence-corrected chi connectivity index (χ4v) is 1.93. The number of aromatic nitrogens is 2. The molecular formula is C14H14N2O2. The van der Waals surface area contributed by atoms with Crippen LogP contribution in [0.3, 0.4) is 0 Å². The Bertz CT molecular complexity index is 630. The molecule has 0 saturated carbocycles. The Hall–Kier alpha value is -2.23. The van der Waals surface area contributed by atoms with Crippen LogP contribution in [0.25, 0.3) is 0 Å². The van der Waals surface area contributed by atoms with Crippen LogP contribution in [-0.4, -0.2) is 15.8 Å². The Morgan fingerprint density at radius 1 is 1.28 bits per heavy atom. The highest BCUT2D eigenvalue weighted by atomic mass is 16.1. The van der Waals surface area contributed by atoms with Crippen molar-refractivity contribution < 1.29 is 4.79 Å². The minimum absolute atomic E-state index is 0.145. The molecule has 4 nitrogen and oxygen atoms in total. The van der Waals surface area contributed by atoms with E-state index >= 15 is 0 Å². The number of hydrogen-bond donors (Lipinski definition) is 1. The number of nitrogens with one attached hydrogen (secondary N) is 1. The maximum Gasteiger partial charge on any atom is 0.262 e. The van der Waals surface area contributed by atoms with Crippen molar-refractivity contribution in [2.75, 3.05) is 0 Å². The van der Waals surface area contributed by atoms with Crippen LogP contribution in [0, 0.1) is 6.92 Å². The molecule has 0 amide bonds. The third kappa shape index (κ3) is 2.53. The first kappa shape index (κ1) is 12.2. The Morgan fingerprint density at radius 3 is 2.50 bits per heavy atom. The molecule has 0 radical (unpaired) electrons. The minimum Gasteiger partial charge on any atom is -0.310 e. The third-order valence-corrected chi connectivity index (χ3v) is 2.72. The lowest BCUT2D eigenvalue weighted by Gasteiger charge is -2.05. The maximum atomic E-state index is 11.8. The number of aryl methyl sites for hydroxylation is 1. The van der Waals surface area contributed by atoms with E-state index in [1.54, 1.807) is 6.92 Å². The summed E-state index contributed by atoms with van der Waals surface area (Å²) in [6, 6.07) is 9.74. The van der Waals surface area contributed by atoms with Crippen molar-refractivity contribution in [2.24, 2.45) is 0 Å². The quantitative estimate of drug-likeness (QED) is 0.836. The van der Waals surface area contributed by atoms with Gasteiger partial charge in [-0.1, -0.05) is 30.3 Å². The van der Waals surface area contributed by atoms with Gasteiger partial charge in [-0.15, -0.1) is 0 Å². The van der Waals surface area contributed by atoms with E-state index in [9.17, 15) is 9.59 Å². The predicted molar refractivity (Wildman–Crippen MR) is 68.8 cm³/mol. The molecule has 2 aromatic rings. The smallest absolute Gasteiger partial charge is 0.262 e. The number of aromatic amines is 1. The van der Waals surface area contributed by atoms with Gasteiger partial charge in [-0.25, -0.2) is 4.98 Å². The first-order chi connectivity index (χ1) is 8.58. The highest BCUT2D eigenvalue weighted by Gasteiger charge is 2.12. The van der Waals surface area contributed by atoms with Gasteiger partial charge in [-0.2, -0.15) is 0 Å². The third-order valence-electron chi connectivity index (χ3n) is 2.72. The van der Waals surface area contributed by atoms with Crippen molar-refractivity contribution in [1.29, 1.82) is 0 Å². The van der Waals surface area contributed by atoms with Crippen LogP contribution in [0.2, 0.25) is 0 Å². The van der Waals surface area contributed by atoms with Gasteiger partial charge in [0.25, 0.3) is 5.56 Å². The number of hydrogen-bond acceptors (Lipinski definition) is 3. The summed E-state index contributed by atoms with van der Waals surface area (Å²) in [5.74, 6) is 0.321. The summed E-state index contributed by atoms with van der Waals surface area (Å²) in [5.41, 5.74) is 1.33. The molecule has 1 aromatic heterocycles. The second kappa shape index (κ2) is 4.96. The molecule has 0 atom stereocenters. The fraction of sp³-hybridized carbons (Fsp3) is 0.214. The van der Waals surface area contributed by atoms with Crippen LogP contribution in [0.15, 0.2) is 35.1 Å². The monoisotopic (exact) mass is 242 g/mol. The molecule has 0 aliphatic carbocycles. The number of Topliss-reactive ketones (excluding diaryl/α,β-unsaturated/α-hetero) is 1. The van der Waals surface area contributed by atoms with Crippen molar-refractivity contribution in [2.45, 2.75) is 20.3 Å². The molecule has 0 bridgehead atoms. The van der Waals surface area contributed by atoms with Gasteiger partial charge in [-0.05, 0) is 19.4 Å². The van der Waals surface area contributed by atoms with Gasteiger partial charge < -0.3 is 4.98 Å². The second-order valence-electron chi connectivity index (χ2n) is 4.19. The predicted octanol–water partition coefficient (Wildman–Crippen LogP) is 1.87. The lowest BCUT2D eigenvalue weighted by Crippen LogP contribution is -2.21. The first-order valence-corrected chi connectivity index (χ1v) is 5.72. The Labute approximate surface area is 105 Å². The largest absolute Gasteiger partial charge is 0.310 e. The topological polar surface area (TPSA) is 62.8 Å². The summed E-state index contributed by atoms with van der Waals surface area (Å²) in [4.78, 5) is 30.0. The molecule has 1 N–H and O–H groups in total. The molecule has 4 heteroatoms. The molecular weight excluding hydrogens is 228 g/mol. The lowest BCUT2D eigenvalue weighted by atomic mass is 10.1. The van der Waals surface area contributed by atoms with E-state index in [4.69, 9.17) is 0 Å². The second-order valence-corrected chi connectivity index (χ2v) is 4.19. The van der Waals surface area contributed by atoms with Crippen molar-refractivity contribution in [3.05, 3.63) is 63.3 Å². The standard InChI is InChI=1S/C14H14N2O2/c1-9-13(10(2)17)14(18)16-12(15-9)8-11-6-4-3-5-7-11/h3-7H,8H2,1-2H3,(H,15,16,18). The van der Waals surface area contributed by atoms with E-state index < -0.39 is 0 Å². The highest BCUT2D eigenvalue weighted by Crippen LogP contribution is 2.06. The molecule has 2 rings (SSSR count). The van der Waals surface area contributed by atoms with Crippen LogP contribution in [0.5, 0.6) is 0 Å². The molecule has 1 aromatic carbocycles. The summed E-state index contributed by atoms with van der Waals surface area (Å²) in [6.07, 6.45) is 0.551. The van der Waals surface area contributed by atoms with Gasteiger partial charge in [0.15, 0.2) is 5.78 Å². The Balaban J connectivity index is 2.38. The number of rotatable bonds is 3. The van der Waals surface area contributed by atoms with E-state index in [1.807, 2.05) is 30.3 Å². The lowest BCUT2D eigenvalue weighted by molar-refractivity contribution is 0.101. The molecule has 0 aliphatic heterocycles. The average Bonchev–Trinajstić information content (AvgIpc) is 2.28. The van der Waals surface area contributed by atoms with Crippen molar-refractivity contribution in [3.8, 4) is 0 Å². The number of H-pyrrole nitrogens is 1. The summed E-state index contributed by atoms with van der Waals surface area (Å²) in [7, 11) is 0. The molecule has 18 heavy (non-hydrogen) atoms. The molecule has 0 spiro atoms. The molecule has 0 aliphatic rings.